The van der Waals surface area contributed by atoms with Crippen molar-refractivity contribution in [3.05, 3.63) is 24.3 Å². The van der Waals surface area contributed by atoms with Crippen LogP contribution in [0.3, 0.4) is 0 Å². The number of aromatic nitrogens is 2. The van der Waals surface area contributed by atoms with E-state index < -0.39 is 26.9 Å². The molecule has 144 valence electrons. The summed E-state index contributed by atoms with van der Waals surface area (Å²) in [6.45, 7) is 2.98. The number of carbonyl (C=O) groups is 1. The molecule has 0 N–H and O–H groups in total. The molecule has 2 unspecified atom stereocenters. The average Bonchev–Trinajstić information content (AvgIpc) is 2.88. The molecule has 2 aromatic rings. The van der Waals surface area contributed by atoms with E-state index in [0.717, 1.165) is 6.26 Å². The van der Waals surface area contributed by atoms with Gasteiger partial charge in [-0.2, -0.15) is 8.78 Å². The van der Waals surface area contributed by atoms with Crippen LogP contribution < -0.4 is 0 Å². The number of thioether (sulfide) groups is 1. The predicted molar refractivity (Wildman–Crippen MR) is 98.1 cm³/mol. The van der Waals surface area contributed by atoms with Crippen LogP contribution in [0, 0.1) is 0 Å². The minimum Gasteiger partial charge on any atom is -0.340 e. The van der Waals surface area contributed by atoms with Crippen molar-refractivity contribution in [2.75, 3.05) is 13.3 Å². The van der Waals surface area contributed by atoms with Crippen molar-refractivity contribution in [3.63, 3.8) is 0 Å². The molecule has 0 aliphatic carbocycles. The number of hydrogen-bond acceptors (Lipinski definition) is 5. The highest BCUT2D eigenvalue weighted by molar-refractivity contribution is 7.99. The van der Waals surface area contributed by atoms with Crippen molar-refractivity contribution in [1.82, 2.24) is 14.5 Å². The SMILES string of the molecule is CC(C(C)S(C)(=O)=O)N(C)C(=O)Cn1c(SC(F)F)nc2ccccc21. The lowest BCUT2D eigenvalue weighted by atomic mass is 10.2. The third-order valence-electron chi connectivity index (χ3n) is 4.47. The molecule has 2 atom stereocenters. The molecule has 0 aliphatic heterocycles. The van der Waals surface area contributed by atoms with Gasteiger partial charge in [-0.05, 0) is 37.7 Å². The Morgan fingerprint density at radius 1 is 1.31 bits per heavy atom. The maximum atomic E-state index is 12.8. The quantitative estimate of drug-likeness (QED) is 0.662. The van der Waals surface area contributed by atoms with Crippen molar-refractivity contribution in [1.29, 1.82) is 0 Å². The molecule has 0 aliphatic rings. The summed E-state index contributed by atoms with van der Waals surface area (Å²) in [4.78, 5) is 18.1. The van der Waals surface area contributed by atoms with Gasteiger partial charge in [-0.25, -0.2) is 13.4 Å². The molecular weight excluding hydrogens is 384 g/mol. The molecule has 0 spiro atoms. The summed E-state index contributed by atoms with van der Waals surface area (Å²) >= 11 is 0.275. The van der Waals surface area contributed by atoms with Crippen LogP contribution >= 0.6 is 11.8 Å². The van der Waals surface area contributed by atoms with E-state index in [2.05, 4.69) is 4.98 Å². The van der Waals surface area contributed by atoms with Gasteiger partial charge in [0, 0.05) is 19.3 Å². The Morgan fingerprint density at radius 3 is 2.50 bits per heavy atom. The van der Waals surface area contributed by atoms with E-state index in [1.165, 1.54) is 23.4 Å². The number of imidazole rings is 1. The van der Waals surface area contributed by atoms with Crippen LogP contribution in [-0.4, -0.2) is 59.1 Å². The molecule has 6 nitrogen and oxygen atoms in total. The molecule has 26 heavy (non-hydrogen) atoms. The highest BCUT2D eigenvalue weighted by Crippen LogP contribution is 2.28. The largest absolute Gasteiger partial charge is 0.340 e. The summed E-state index contributed by atoms with van der Waals surface area (Å²) < 4.78 is 50.6. The predicted octanol–water partition coefficient (Wildman–Crippen LogP) is 2.63. The second-order valence-electron chi connectivity index (χ2n) is 6.13. The van der Waals surface area contributed by atoms with Crippen LogP contribution in [0.4, 0.5) is 8.78 Å². The van der Waals surface area contributed by atoms with Gasteiger partial charge in [0.25, 0.3) is 5.76 Å². The molecule has 1 amide bonds. The summed E-state index contributed by atoms with van der Waals surface area (Å²) in [6.07, 6.45) is 1.12. The number of amides is 1. The lowest BCUT2D eigenvalue weighted by Crippen LogP contribution is -2.45. The lowest BCUT2D eigenvalue weighted by Gasteiger charge is -2.29. The van der Waals surface area contributed by atoms with Crippen molar-refractivity contribution < 1.29 is 22.0 Å². The lowest BCUT2D eigenvalue weighted by molar-refractivity contribution is -0.132. The van der Waals surface area contributed by atoms with Crippen LogP contribution in [0.2, 0.25) is 0 Å². The number of likely N-dealkylation sites (N-methyl/N-ethyl adjacent to an activating group) is 1. The fourth-order valence-corrected chi connectivity index (χ4v) is 4.02. The van der Waals surface area contributed by atoms with Gasteiger partial charge in [0.15, 0.2) is 15.0 Å². The monoisotopic (exact) mass is 405 g/mol. The van der Waals surface area contributed by atoms with Crippen molar-refractivity contribution in [3.8, 4) is 0 Å². The summed E-state index contributed by atoms with van der Waals surface area (Å²) in [7, 11) is -1.81. The second-order valence-corrected chi connectivity index (χ2v) is 9.49. The van der Waals surface area contributed by atoms with E-state index >= 15 is 0 Å². The first-order chi connectivity index (χ1) is 12.0. The average molecular weight is 405 g/mol. The number of hydrogen-bond donors (Lipinski definition) is 0. The van der Waals surface area contributed by atoms with Gasteiger partial charge >= 0.3 is 0 Å². The molecule has 0 radical (unpaired) electrons. The van der Waals surface area contributed by atoms with Gasteiger partial charge in [-0.15, -0.1) is 0 Å². The number of carbonyl (C=O) groups excluding carboxylic acids is 1. The number of rotatable bonds is 7. The standard InChI is InChI=1S/C16H21F2N3O3S2/c1-10(11(2)26(4,23)24)20(3)14(22)9-21-13-8-6-5-7-12(13)19-16(21)25-15(17)18/h5-8,10-11,15H,9H2,1-4H3. The van der Waals surface area contributed by atoms with Crippen LogP contribution in [0.5, 0.6) is 0 Å². The van der Waals surface area contributed by atoms with Gasteiger partial charge in [0.05, 0.1) is 16.3 Å². The second kappa shape index (κ2) is 7.91. The molecule has 0 bridgehead atoms. The molecule has 1 aromatic heterocycles. The Balaban J connectivity index is 2.30. The third-order valence-corrected chi connectivity index (χ3v) is 6.91. The zero-order chi connectivity index (χ0) is 19.6. The Labute approximate surface area is 155 Å². The first-order valence-electron chi connectivity index (χ1n) is 7.87. The van der Waals surface area contributed by atoms with Gasteiger partial charge in [-0.3, -0.25) is 4.79 Å². The molecule has 1 aromatic carbocycles. The number of para-hydroxylation sites is 2. The fourth-order valence-electron chi connectivity index (χ4n) is 2.52. The Bertz CT molecular complexity index is 899. The number of halogens is 2. The number of fused-ring (bicyclic) bond motifs is 1. The van der Waals surface area contributed by atoms with Crippen LogP contribution in [0.1, 0.15) is 13.8 Å². The van der Waals surface area contributed by atoms with Crippen molar-refractivity contribution in [2.45, 2.75) is 42.6 Å². The fraction of sp³-hybridized carbons (Fsp3) is 0.500. The van der Waals surface area contributed by atoms with Gasteiger partial charge in [0.1, 0.15) is 6.54 Å². The molecular formula is C16H21F2N3O3S2. The zero-order valence-electron chi connectivity index (χ0n) is 14.9. The summed E-state index contributed by atoms with van der Waals surface area (Å²) in [5.41, 5.74) is 1.09. The molecule has 10 heteroatoms. The van der Waals surface area contributed by atoms with Gasteiger partial charge in [0.2, 0.25) is 5.91 Å². The van der Waals surface area contributed by atoms with Crippen LogP contribution in [-0.2, 0) is 21.2 Å². The highest BCUT2D eigenvalue weighted by atomic mass is 32.2. The summed E-state index contributed by atoms with van der Waals surface area (Å²) in [6, 6.07) is 6.30. The van der Waals surface area contributed by atoms with E-state index in [4.69, 9.17) is 0 Å². The number of benzene rings is 1. The van der Waals surface area contributed by atoms with Gasteiger partial charge < -0.3 is 9.47 Å². The highest BCUT2D eigenvalue weighted by Gasteiger charge is 2.29. The van der Waals surface area contributed by atoms with Crippen molar-refractivity contribution in [2.24, 2.45) is 0 Å². The van der Waals surface area contributed by atoms with Crippen LogP contribution in [0.15, 0.2) is 29.4 Å². The number of nitrogens with zero attached hydrogens (tertiary/aromatic N) is 3. The molecule has 2 rings (SSSR count). The van der Waals surface area contributed by atoms with E-state index in [1.54, 1.807) is 31.2 Å². The summed E-state index contributed by atoms with van der Waals surface area (Å²) in [5, 5.41) is -0.697. The minimum atomic E-state index is -3.32. The van der Waals surface area contributed by atoms with Crippen molar-refractivity contribution >= 4 is 38.5 Å². The van der Waals surface area contributed by atoms with Gasteiger partial charge in [-0.1, -0.05) is 12.1 Å². The topological polar surface area (TPSA) is 72.3 Å². The first-order valence-corrected chi connectivity index (χ1v) is 10.7. The smallest absolute Gasteiger partial charge is 0.291 e. The summed E-state index contributed by atoms with van der Waals surface area (Å²) in [5.74, 6) is -3.05. The molecule has 0 saturated heterocycles. The zero-order valence-corrected chi connectivity index (χ0v) is 16.5. The Kier molecular flexibility index (Phi) is 6.28. The molecule has 0 saturated carbocycles. The third kappa shape index (κ3) is 4.53. The maximum Gasteiger partial charge on any atom is 0.291 e. The first kappa shape index (κ1) is 20.6. The van der Waals surface area contributed by atoms with Crippen LogP contribution in [0.25, 0.3) is 11.0 Å². The molecule has 1 heterocycles. The Morgan fingerprint density at radius 2 is 1.92 bits per heavy atom. The van der Waals surface area contributed by atoms with E-state index in [1.807, 2.05) is 0 Å². The number of sulfone groups is 1. The van der Waals surface area contributed by atoms with E-state index in [9.17, 15) is 22.0 Å². The Hall–Kier alpha value is -1.68. The van der Waals surface area contributed by atoms with E-state index in [-0.39, 0.29) is 29.4 Å². The maximum absolute atomic E-state index is 12.8. The molecule has 0 fully saturated rings. The normalized spacial score (nSPS) is 14.6. The van der Waals surface area contributed by atoms with E-state index in [0.29, 0.717) is 11.0 Å². The minimum absolute atomic E-state index is 0.0479. The number of alkyl halides is 2.